The first-order valence-electron chi connectivity index (χ1n) is 4.65. The van der Waals surface area contributed by atoms with E-state index in [1.807, 2.05) is 6.92 Å². The zero-order chi connectivity index (χ0) is 7.84. The topological polar surface area (TPSA) is 20.2 Å². The van der Waals surface area contributed by atoms with Crippen molar-refractivity contribution in [3.63, 3.8) is 0 Å². The summed E-state index contributed by atoms with van der Waals surface area (Å²) in [6.45, 7) is 1.83. The number of rotatable bonds is 0. The predicted octanol–water partition coefficient (Wildman–Crippen LogP) is 3.03. The van der Waals surface area contributed by atoms with E-state index >= 15 is 0 Å². The van der Waals surface area contributed by atoms with Gasteiger partial charge in [0.1, 0.15) is 0 Å². The summed E-state index contributed by atoms with van der Waals surface area (Å²) >= 11 is 0. The molecule has 2 fully saturated rings. The maximum absolute atomic E-state index is 9.29. The Morgan fingerprint density at radius 3 is 2.27 bits per heavy atom. The third-order valence-corrected chi connectivity index (χ3v) is 3.35. The van der Waals surface area contributed by atoms with Crippen LogP contribution >= 0.6 is 0 Å². The highest BCUT2D eigenvalue weighted by Gasteiger charge is 2.34. The molecule has 0 radical (unpaired) electrons. The van der Waals surface area contributed by atoms with Gasteiger partial charge in [-0.15, -0.1) is 0 Å². The smallest absolute Gasteiger partial charge is 0.0883 e. The average molecular weight is 152 g/mol. The minimum absolute atomic E-state index is 0.597. The second-order valence-electron chi connectivity index (χ2n) is 4.05. The summed E-state index contributed by atoms with van der Waals surface area (Å²) in [4.78, 5) is 0. The molecular weight excluding hydrogens is 136 g/mol. The molecule has 2 aliphatic rings. The lowest BCUT2D eigenvalue weighted by molar-refractivity contribution is 0.402. The van der Waals surface area contributed by atoms with Crippen LogP contribution in [0.5, 0.6) is 0 Å². The first-order chi connectivity index (χ1) is 5.27. The second kappa shape index (κ2) is 2.54. The fourth-order valence-electron chi connectivity index (χ4n) is 2.66. The summed E-state index contributed by atoms with van der Waals surface area (Å²) < 4.78 is 0. The number of allylic oxidation sites excluding steroid dienone is 2. The van der Waals surface area contributed by atoms with Crippen molar-refractivity contribution in [3.05, 3.63) is 11.3 Å². The molecule has 0 aliphatic heterocycles. The summed E-state index contributed by atoms with van der Waals surface area (Å²) in [7, 11) is 0. The van der Waals surface area contributed by atoms with Crippen LogP contribution in [0.25, 0.3) is 0 Å². The van der Waals surface area contributed by atoms with Gasteiger partial charge in [0.15, 0.2) is 0 Å². The minimum Gasteiger partial charge on any atom is -0.513 e. The fourth-order valence-corrected chi connectivity index (χ4v) is 2.66. The zero-order valence-electron chi connectivity index (χ0n) is 7.14. The van der Waals surface area contributed by atoms with Crippen LogP contribution in [0.1, 0.15) is 39.0 Å². The van der Waals surface area contributed by atoms with E-state index < -0.39 is 0 Å². The average Bonchev–Trinajstić information content (AvgIpc) is 2.40. The third-order valence-electron chi connectivity index (χ3n) is 3.35. The van der Waals surface area contributed by atoms with E-state index in [2.05, 4.69) is 0 Å². The van der Waals surface area contributed by atoms with Crippen molar-refractivity contribution < 1.29 is 5.11 Å². The molecule has 2 aliphatic carbocycles. The predicted molar refractivity (Wildman–Crippen MR) is 45.4 cm³/mol. The molecule has 2 atom stereocenters. The molecule has 0 amide bonds. The van der Waals surface area contributed by atoms with Crippen molar-refractivity contribution in [2.75, 3.05) is 0 Å². The lowest BCUT2D eigenvalue weighted by Crippen LogP contribution is -1.95. The zero-order valence-corrected chi connectivity index (χ0v) is 7.14. The second-order valence-corrected chi connectivity index (χ2v) is 4.05. The molecule has 1 N–H and O–H groups in total. The highest BCUT2D eigenvalue weighted by Crippen LogP contribution is 2.46. The van der Waals surface area contributed by atoms with Crippen LogP contribution in [0.3, 0.4) is 0 Å². The van der Waals surface area contributed by atoms with Gasteiger partial charge in [0, 0.05) is 0 Å². The van der Waals surface area contributed by atoms with Gasteiger partial charge < -0.3 is 5.11 Å². The summed E-state index contributed by atoms with van der Waals surface area (Å²) in [5.74, 6) is 2.44. The van der Waals surface area contributed by atoms with Gasteiger partial charge >= 0.3 is 0 Å². The van der Waals surface area contributed by atoms with Gasteiger partial charge in [-0.1, -0.05) is 6.42 Å². The lowest BCUT2D eigenvalue weighted by atomic mass is 10.0. The SMILES string of the molecule is CC(O)=C1CC2CCCC2C1. The Morgan fingerprint density at radius 1 is 1.27 bits per heavy atom. The molecule has 0 aromatic carbocycles. The van der Waals surface area contributed by atoms with Crippen molar-refractivity contribution in [3.8, 4) is 0 Å². The lowest BCUT2D eigenvalue weighted by Gasteiger charge is -2.03. The molecule has 2 saturated carbocycles. The Hall–Kier alpha value is -0.460. The number of hydrogen-bond acceptors (Lipinski definition) is 1. The van der Waals surface area contributed by atoms with Crippen LogP contribution in [0, 0.1) is 11.8 Å². The molecule has 0 aromatic rings. The molecule has 0 spiro atoms. The highest BCUT2D eigenvalue weighted by molar-refractivity contribution is 5.14. The van der Waals surface area contributed by atoms with Crippen LogP contribution in [0.2, 0.25) is 0 Å². The van der Waals surface area contributed by atoms with Crippen LogP contribution in [0.15, 0.2) is 11.3 Å². The molecular formula is C10H16O. The first-order valence-corrected chi connectivity index (χ1v) is 4.65. The molecule has 0 bridgehead atoms. The van der Waals surface area contributed by atoms with Crippen LogP contribution in [0.4, 0.5) is 0 Å². The quantitative estimate of drug-likeness (QED) is 0.529. The van der Waals surface area contributed by atoms with E-state index in [9.17, 15) is 5.11 Å². The van der Waals surface area contributed by atoms with Gasteiger partial charge in [-0.3, -0.25) is 0 Å². The Bertz CT molecular complexity index is 175. The highest BCUT2D eigenvalue weighted by atomic mass is 16.3. The molecule has 2 unspecified atom stereocenters. The van der Waals surface area contributed by atoms with Crippen molar-refractivity contribution in [2.45, 2.75) is 39.0 Å². The van der Waals surface area contributed by atoms with E-state index in [0.717, 1.165) is 11.8 Å². The Labute approximate surface area is 68.1 Å². The van der Waals surface area contributed by atoms with Crippen LogP contribution in [-0.4, -0.2) is 5.11 Å². The molecule has 2 rings (SSSR count). The van der Waals surface area contributed by atoms with Crippen molar-refractivity contribution in [1.82, 2.24) is 0 Å². The van der Waals surface area contributed by atoms with E-state index in [1.54, 1.807) is 0 Å². The van der Waals surface area contributed by atoms with Gasteiger partial charge in [0.05, 0.1) is 5.76 Å². The number of aliphatic hydroxyl groups is 1. The summed E-state index contributed by atoms with van der Waals surface area (Å²) in [5.41, 5.74) is 1.33. The molecule has 0 aromatic heterocycles. The largest absolute Gasteiger partial charge is 0.513 e. The first kappa shape index (κ1) is 7.20. The number of aliphatic hydroxyl groups excluding tert-OH is 1. The molecule has 0 heterocycles. The maximum Gasteiger partial charge on any atom is 0.0883 e. The van der Waals surface area contributed by atoms with Crippen molar-refractivity contribution >= 4 is 0 Å². The molecule has 62 valence electrons. The molecule has 1 heteroatoms. The summed E-state index contributed by atoms with van der Waals surface area (Å²) in [6.07, 6.45) is 6.61. The van der Waals surface area contributed by atoms with E-state index in [1.165, 1.54) is 37.7 Å². The van der Waals surface area contributed by atoms with Gasteiger partial charge in [-0.25, -0.2) is 0 Å². The molecule has 1 nitrogen and oxygen atoms in total. The van der Waals surface area contributed by atoms with Gasteiger partial charge in [-0.05, 0) is 50.0 Å². The van der Waals surface area contributed by atoms with Crippen LogP contribution in [-0.2, 0) is 0 Å². The Morgan fingerprint density at radius 2 is 1.82 bits per heavy atom. The van der Waals surface area contributed by atoms with Crippen molar-refractivity contribution in [1.29, 1.82) is 0 Å². The maximum atomic E-state index is 9.29. The van der Waals surface area contributed by atoms with Gasteiger partial charge in [0.2, 0.25) is 0 Å². The van der Waals surface area contributed by atoms with Gasteiger partial charge in [0.25, 0.3) is 0 Å². The summed E-state index contributed by atoms with van der Waals surface area (Å²) in [5, 5.41) is 9.29. The monoisotopic (exact) mass is 152 g/mol. The van der Waals surface area contributed by atoms with Crippen molar-refractivity contribution in [2.24, 2.45) is 11.8 Å². The number of hydrogen-bond donors (Lipinski definition) is 1. The normalized spacial score (nSPS) is 35.9. The summed E-state index contributed by atoms with van der Waals surface area (Å²) in [6, 6.07) is 0. The molecule has 0 saturated heterocycles. The number of fused-ring (bicyclic) bond motifs is 1. The minimum atomic E-state index is 0.597. The fraction of sp³-hybridized carbons (Fsp3) is 0.800. The van der Waals surface area contributed by atoms with Gasteiger partial charge in [-0.2, -0.15) is 0 Å². The Kier molecular flexibility index (Phi) is 1.67. The van der Waals surface area contributed by atoms with E-state index in [-0.39, 0.29) is 0 Å². The third kappa shape index (κ3) is 1.17. The van der Waals surface area contributed by atoms with E-state index in [4.69, 9.17) is 0 Å². The van der Waals surface area contributed by atoms with Crippen LogP contribution < -0.4 is 0 Å². The standard InChI is InChI=1S/C10H16O/c1-7(11)10-5-8-3-2-4-9(8)6-10/h8-9,11H,2-6H2,1H3. The van der Waals surface area contributed by atoms with E-state index in [0.29, 0.717) is 5.76 Å². The Balaban J connectivity index is 2.11. The molecule has 11 heavy (non-hydrogen) atoms.